The summed E-state index contributed by atoms with van der Waals surface area (Å²) in [6.07, 6.45) is 1.25. The van der Waals surface area contributed by atoms with E-state index in [0.29, 0.717) is 0 Å². The van der Waals surface area contributed by atoms with Gasteiger partial charge in [0.15, 0.2) is 0 Å². The monoisotopic (exact) mass is 78.1 g/mol. The van der Waals surface area contributed by atoms with Gasteiger partial charge >= 0.3 is 0 Å². The zero-order valence-corrected chi connectivity index (χ0v) is 4.21. The lowest BCUT2D eigenvalue weighted by atomic mass is 10.6. The summed E-state index contributed by atoms with van der Waals surface area (Å²) in [6, 6.07) is 0. The van der Waals surface area contributed by atoms with Gasteiger partial charge in [0, 0.05) is 0 Å². The summed E-state index contributed by atoms with van der Waals surface area (Å²) in [4.78, 5) is 0. The minimum absolute atomic E-state index is 0. The average Bonchev–Trinajstić information content (AvgIpc) is 0.918. The fourth-order valence-corrected chi connectivity index (χ4v) is 0. The molecule has 28 valence electrons. The van der Waals surface area contributed by atoms with Gasteiger partial charge in [-0.15, -0.1) is 0 Å². The zero-order valence-electron chi connectivity index (χ0n) is 3.21. The predicted octanol–water partition coefficient (Wildman–Crippen LogP) is 1.53. The quantitative estimate of drug-likeness (QED) is 0.412. The molecule has 0 amide bonds. The van der Waals surface area contributed by atoms with E-state index in [2.05, 4.69) is 13.8 Å². The van der Waals surface area contributed by atoms with Gasteiger partial charge in [0.2, 0.25) is 0 Å². The molecule has 0 radical (unpaired) electrons. The average molecular weight is 78.2 g/mol. The van der Waals surface area contributed by atoms with Gasteiger partial charge < -0.3 is 0 Å². The van der Waals surface area contributed by atoms with E-state index in [-0.39, 0.29) is 13.5 Å². The van der Waals surface area contributed by atoms with Gasteiger partial charge in [0.1, 0.15) is 0 Å². The van der Waals surface area contributed by atoms with Gasteiger partial charge in [0.25, 0.3) is 0 Å². The molecule has 0 fully saturated rings. The van der Waals surface area contributed by atoms with Crippen LogP contribution in [0.25, 0.3) is 0 Å². The van der Waals surface area contributed by atoms with Crippen LogP contribution in [0, 0.1) is 0 Å². The van der Waals surface area contributed by atoms with Crippen LogP contribution in [0.2, 0.25) is 0 Å². The third kappa shape index (κ3) is 35.0. The highest BCUT2D eigenvalue weighted by atomic mass is 32.1. The Hall–Kier alpha value is 0.350. The van der Waals surface area contributed by atoms with Crippen LogP contribution in [-0.4, -0.2) is 0 Å². The molecule has 0 unspecified atom stereocenters. The van der Waals surface area contributed by atoms with Crippen molar-refractivity contribution in [1.82, 2.24) is 0 Å². The lowest BCUT2D eigenvalue weighted by Crippen LogP contribution is -1.27. The molecule has 0 aromatic carbocycles. The molecule has 0 aromatic heterocycles. The van der Waals surface area contributed by atoms with E-state index >= 15 is 0 Å². The van der Waals surface area contributed by atoms with E-state index in [1.807, 2.05) is 0 Å². The second-order valence-electron chi connectivity index (χ2n) is 0.707. The Morgan fingerprint density at radius 2 is 1.25 bits per heavy atom. The molecule has 0 rings (SSSR count). The number of hydrogen-bond donors (Lipinski definition) is 0. The van der Waals surface area contributed by atoms with Gasteiger partial charge in [-0.2, -0.15) is 13.5 Å². The summed E-state index contributed by atoms with van der Waals surface area (Å²) in [5.74, 6) is 0. The van der Waals surface area contributed by atoms with Crippen LogP contribution >= 0.6 is 13.5 Å². The van der Waals surface area contributed by atoms with E-state index in [4.69, 9.17) is 0 Å². The van der Waals surface area contributed by atoms with Crippen LogP contribution in [0.3, 0.4) is 0 Å². The maximum Gasteiger partial charge on any atom is -0.0590 e. The molecule has 1 heteroatoms. The van der Waals surface area contributed by atoms with Gasteiger partial charge in [-0.3, -0.25) is 0 Å². The summed E-state index contributed by atoms with van der Waals surface area (Å²) in [6.45, 7) is 4.25. The predicted molar refractivity (Wildman–Crippen MR) is 26.3 cm³/mol. The molecule has 0 aliphatic rings. The van der Waals surface area contributed by atoms with Gasteiger partial charge in [-0.1, -0.05) is 20.3 Å². The third-order valence-electron chi connectivity index (χ3n) is 0. The zero-order chi connectivity index (χ0) is 2.71. The van der Waals surface area contributed by atoms with Crippen molar-refractivity contribution in [2.45, 2.75) is 20.3 Å². The van der Waals surface area contributed by atoms with E-state index in [1.165, 1.54) is 6.42 Å². The first kappa shape index (κ1) is 8.84. The van der Waals surface area contributed by atoms with Crippen LogP contribution in [0.4, 0.5) is 0 Å². The molecular weight excluding hydrogens is 68.1 g/mol. The molecular formula is C3H10S. The number of hydrogen-bond acceptors (Lipinski definition) is 0. The highest BCUT2D eigenvalue weighted by Crippen LogP contribution is 1.56. The van der Waals surface area contributed by atoms with Crippen molar-refractivity contribution in [2.24, 2.45) is 0 Å². The van der Waals surface area contributed by atoms with Gasteiger partial charge in [-0.25, -0.2) is 0 Å². The Kier molecular flexibility index (Phi) is 22.4. The van der Waals surface area contributed by atoms with E-state index in [1.54, 1.807) is 0 Å². The second-order valence-corrected chi connectivity index (χ2v) is 0.707. The van der Waals surface area contributed by atoms with Crippen LogP contribution in [0.1, 0.15) is 20.3 Å². The van der Waals surface area contributed by atoms with Crippen molar-refractivity contribution < 1.29 is 0 Å². The Morgan fingerprint density at radius 1 is 1.25 bits per heavy atom. The molecule has 0 aliphatic carbocycles. The van der Waals surface area contributed by atoms with Crippen molar-refractivity contribution in [2.75, 3.05) is 0 Å². The molecule has 0 heterocycles. The molecule has 0 saturated heterocycles. The summed E-state index contributed by atoms with van der Waals surface area (Å²) in [7, 11) is 0. The van der Waals surface area contributed by atoms with E-state index in [0.717, 1.165) is 0 Å². The Balaban J connectivity index is 0. The molecule has 0 spiro atoms. The maximum atomic E-state index is 2.12. The summed E-state index contributed by atoms with van der Waals surface area (Å²) < 4.78 is 0. The highest BCUT2D eigenvalue weighted by molar-refractivity contribution is 7.59. The molecule has 0 aliphatic heterocycles. The standard InChI is InChI=1S/C3H8.H2S/c1-3-2;/h3H2,1-2H3;1H2. The minimum Gasteiger partial charge on any atom is -0.197 e. The molecule has 0 saturated carbocycles. The van der Waals surface area contributed by atoms with Crippen molar-refractivity contribution >= 4 is 13.5 Å². The largest absolute Gasteiger partial charge is 0.197 e. The Labute approximate surface area is 34.7 Å². The maximum absolute atomic E-state index is 2.12. The second kappa shape index (κ2) is 10.2. The summed E-state index contributed by atoms with van der Waals surface area (Å²) in [5.41, 5.74) is 0. The minimum atomic E-state index is 0. The molecule has 0 nitrogen and oxygen atoms in total. The van der Waals surface area contributed by atoms with Crippen molar-refractivity contribution in [3.63, 3.8) is 0 Å². The van der Waals surface area contributed by atoms with E-state index in [9.17, 15) is 0 Å². The summed E-state index contributed by atoms with van der Waals surface area (Å²) in [5, 5.41) is 0. The Bertz CT molecular complexity index is 3.25. The molecule has 0 atom stereocenters. The van der Waals surface area contributed by atoms with Gasteiger partial charge in [-0.05, 0) is 0 Å². The molecule has 0 aromatic rings. The first-order valence-electron chi connectivity index (χ1n) is 1.41. The van der Waals surface area contributed by atoms with Crippen molar-refractivity contribution in [1.29, 1.82) is 0 Å². The smallest absolute Gasteiger partial charge is 0.0590 e. The lowest BCUT2D eigenvalue weighted by molar-refractivity contribution is 1.09. The van der Waals surface area contributed by atoms with Crippen molar-refractivity contribution in [3.05, 3.63) is 0 Å². The highest BCUT2D eigenvalue weighted by Gasteiger charge is 1.35. The first-order valence-corrected chi connectivity index (χ1v) is 1.41. The lowest BCUT2D eigenvalue weighted by Gasteiger charge is -1.48. The van der Waals surface area contributed by atoms with Crippen molar-refractivity contribution in [3.8, 4) is 0 Å². The fraction of sp³-hybridized carbons (Fsp3) is 1.00. The SMILES string of the molecule is CCC.S. The topological polar surface area (TPSA) is 0 Å². The third-order valence-corrected chi connectivity index (χ3v) is 0. The van der Waals surface area contributed by atoms with Crippen LogP contribution in [0.5, 0.6) is 0 Å². The van der Waals surface area contributed by atoms with Crippen LogP contribution in [0.15, 0.2) is 0 Å². The Morgan fingerprint density at radius 3 is 1.25 bits per heavy atom. The fourth-order valence-electron chi connectivity index (χ4n) is 0. The number of rotatable bonds is 0. The van der Waals surface area contributed by atoms with Crippen LogP contribution < -0.4 is 0 Å². The van der Waals surface area contributed by atoms with Crippen LogP contribution in [-0.2, 0) is 0 Å². The molecule has 4 heavy (non-hydrogen) atoms. The van der Waals surface area contributed by atoms with E-state index < -0.39 is 0 Å². The molecule has 0 bridgehead atoms. The normalized spacial score (nSPS) is 4.50. The molecule has 0 N–H and O–H groups in total. The van der Waals surface area contributed by atoms with Gasteiger partial charge in [0.05, 0.1) is 0 Å². The summed E-state index contributed by atoms with van der Waals surface area (Å²) >= 11 is 0. The first-order chi connectivity index (χ1) is 1.41.